The minimum atomic E-state index is -4.42. The van der Waals surface area contributed by atoms with E-state index in [2.05, 4.69) is 5.16 Å². The van der Waals surface area contributed by atoms with Gasteiger partial charge in [0.15, 0.2) is 11.5 Å². The molecule has 2 heterocycles. The van der Waals surface area contributed by atoms with Gasteiger partial charge >= 0.3 is 6.18 Å². The van der Waals surface area contributed by atoms with Crippen LogP contribution in [0.15, 0.2) is 10.6 Å². The molecule has 2 rings (SSSR count). The van der Waals surface area contributed by atoms with Gasteiger partial charge in [0.2, 0.25) is 0 Å². The zero-order valence-electron chi connectivity index (χ0n) is 8.21. The zero-order chi connectivity index (χ0) is 11.1. The van der Waals surface area contributed by atoms with Crippen molar-refractivity contribution in [1.82, 2.24) is 10.1 Å². The van der Waals surface area contributed by atoms with Crippen LogP contribution in [0.4, 0.5) is 13.2 Å². The Hall–Kier alpha value is -1.04. The molecule has 0 aliphatic carbocycles. The van der Waals surface area contributed by atoms with Crippen LogP contribution in [0.2, 0.25) is 0 Å². The molecule has 0 N–H and O–H groups in total. The van der Waals surface area contributed by atoms with Gasteiger partial charge in [-0.3, -0.25) is 4.90 Å². The van der Waals surface area contributed by atoms with E-state index < -0.39 is 11.9 Å². The molecule has 0 aromatic carbocycles. The lowest BCUT2D eigenvalue weighted by Gasteiger charge is -2.15. The van der Waals surface area contributed by atoms with Crippen molar-refractivity contribution in [2.24, 2.45) is 0 Å². The molecule has 1 fully saturated rings. The lowest BCUT2D eigenvalue weighted by Crippen LogP contribution is -2.16. The zero-order valence-corrected chi connectivity index (χ0v) is 8.21. The van der Waals surface area contributed by atoms with Crippen LogP contribution >= 0.6 is 0 Å². The lowest BCUT2D eigenvalue weighted by molar-refractivity contribution is -0.142. The Morgan fingerprint density at radius 3 is 2.73 bits per heavy atom. The quantitative estimate of drug-likeness (QED) is 0.728. The molecule has 1 aliphatic rings. The fourth-order valence-corrected chi connectivity index (χ4v) is 1.85. The summed E-state index contributed by atoms with van der Waals surface area (Å²) < 4.78 is 41.5. The molecular formula is C9H11F3N2O. The number of nitrogens with zero attached hydrogens (tertiary/aromatic N) is 2. The molecule has 0 saturated carbocycles. The van der Waals surface area contributed by atoms with Gasteiger partial charge < -0.3 is 4.52 Å². The second kappa shape index (κ2) is 3.52. The maximum Gasteiger partial charge on any atom is 0.436 e. The van der Waals surface area contributed by atoms with Crippen LogP contribution in [0, 0.1) is 0 Å². The van der Waals surface area contributed by atoms with Crippen LogP contribution < -0.4 is 0 Å². The first kappa shape index (κ1) is 10.5. The Bertz CT molecular complexity index is 347. The number of alkyl halides is 3. The summed E-state index contributed by atoms with van der Waals surface area (Å²) in [5, 5.41) is 3.04. The van der Waals surface area contributed by atoms with E-state index in [0.29, 0.717) is 5.76 Å². The van der Waals surface area contributed by atoms with Crippen LogP contribution in [0.1, 0.15) is 30.3 Å². The molecule has 0 unspecified atom stereocenters. The molecule has 0 bridgehead atoms. The van der Waals surface area contributed by atoms with Crippen molar-refractivity contribution in [3.8, 4) is 0 Å². The molecule has 1 aromatic rings. The van der Waals surface area contributed by atoms with Crippen molar-refractivity contribution >= 4 is 0 Å². The number of aromatic nitrogens is 1. The first-order chi connectivity index (χ1) is 6.98. The van der Waals surface area contributed by atoms with Crippen molar-refractivity contribution in [1.29, 1.82) is 0 Å². The fraction of sp³-hybridized carbons (Fsp3) is 0.667. The molecule has 15 heavy (non-hydrogen) atoms. The summed E-state index contributed by atoms with van der Waals surface area (Å²) in [7, 11) is 1.87. The second-order valence-corrected chi connectivity index (χ2v) is 3.75. The van der Waals surface area contributed by atoms with Crippen molar-refractivity contribution in [2.45, 2.75) is 25.1 Å². The predicted octanol–water partition coefficient (Wildman–Crippen LogP) is 2.46. The molecular weight excluding hydrogens is 209 g/mol. The number of likely N-dealkylation sites (tertiary alicyclic amines) is 1. The molecule has 1 aliphatic heterocycles. The molecule has 84 valence electrons. The highest BCUT2D eigenvalue weighted by Crippen LogP contribution is 2.34. The van der Waals surface area contributed by atoms with E-state index in [0.717, 1.165) is 25.5 Å². The first-order valence-electron chi connectivity index (χ1n) is 4.72. The van der Waals surface area contributed by atoms with Crippen molar-refractivity contribution in [2.75, 3.05) is 13.6 Å². The Kier molecular flexibility index (Phi) is 2.46. The van der Waals surface area contributed by atoms with Crippen LogP contribution in [-0.2, 0) is 6.18 Å². The Morgan fingerprint density at radius 1 is 1.53 bits per heavy atom. The summed E-state index contributed by atoms with van der Waals surface area (Å²) in [5.74, 6) is 0.308. The number of hydrogen-bond acceptors (Lipinski definition) is 3. The smallest absolute Gasteiger partial charge is 0.359 e. The SMILES string of the molecule is CN1CCC[C@H]1c1cc(C(F)(F)F)no1. The topological polar surface area (TPSA) is 29.3 Å². The largest absolute Gasteiger partial charge is 0.436 e. The van der Waals surface area contributed by atoms with Crippen LogP contribution in [0.5, 0.6) is 0 Å². The van der Waals surface area contributed by atoms with Gasteiger partial charge in [-0.15, -0.1) is 0 Å². The second-order valence-electron chi connectivity index (χ2n) is 3.75. The highest BCUT2D eigenvalue weighted by molar-refractivity contribution is 5.13. The number of hydrogen-bond donors (Lipinski definition) is 0. The molecule has 0 spiro atoms. The Morgan fingerprint density at radius 2 is 2.27 bits per heavy atom. The van der Waals surface area contributed by atoms with Crippen LogP contribution in [0.3, 0.4) is 0 Å². The van der Waals surface area contributed by atoms with Crippen LogP contribution in [-0.4, -0.2) is 23.6 Å². The third-order valence-corrected chi connectivity index (χ3v) is 2.67. The predicted molar refractivity (Wildman–Crippen MR) is 46.1 cm³/mol. The summed E-state index contributed by atoms with van der Waals surface area (Å²) in [4.78, 5) is 1.97. The number of halogens is 3. The number of rotatable bonds is 1. The van der Waals surface area contributed by atoms with E-state index in [-0.39, 0.29) is 6.04 Å². The molecule has 6 heteroatoms. The Balaban J connectivity index is 2.20. The average molecular weight is 220 g/mol. The van der Waals surface area contributed by atoms with Gasteiger partial charge in [-0.05, 0) is 26.4 Å². The normalized spacial score (nSPS) is 23.6. The van der Waals surface area contributed by atoms with Gasteiger partial charge in [-0.25, -0.2) is 0 Å². The molecule has 3 nitrogen and oxygen atoms in total. The van der Waals surface area contributed by atoms with Gasteiger partial charge in [0, 0.05) is 6.07 Å². The maximum absolute atomic E-state index is 12.2. The minimum absolute atomic E-state index is 0.0615. The van der Waals surface area contributed by atoms with Gasteiger partial charge in [-0.2, -0.15) is 13.2 Å². The van der Waals surface area contributed by atoms with Gasteiger partial charge in [0.1, 0.15) is 0 Å². The lowest BCUT2D eigenvalue weighted by atomic mass is 10.1. The highest BCUT2D eigenvalue weighted by atomic mass is 19.4. The van der Waals surface area contributed by atoms with E-state index in [1.807, 2.05) is 11.9 Å². The monoisotopic (exact) mass is 220 g/mol. The Labute approximate surface area is 84.8 Å². The van der Waals surface area contributed by atoms with Gasteiger partial charge in [0.25, 0.3) is 0 Å². The third kappa shape index (κ3) is 1.99. The average Bonchev–Trinajstić information content (AvgIpc) is 2.69. The van der Waals surface area contributed by atoms with E-state index in [1.54, 1.807) is 0 Å². The highest BCUT2D eigenvalue weighted by Gasteiger charge is 2.37. The maximum atomic E-state index is 12.2. The van der Waals surface area contributed by atoms with E-state index >= 15 is 0 Å². The van der Waals surface area contributed by atoms with Gasteiger partial charge in [0.05, 0.1) is 6.04 Å². The molecule has 0 radical (unpaired) electrons. The summed E-state index contributed by atoms with van der Waals surface area (Å²) in [6.07, 6.45) is -2.62. The van der Waals surface area contributed by atoms with E-state index in [4.69, 9.17) is 4.52 Å². The third-order valence-electron chi connectivity index (χ3n) is 2.67. The van der Waals surface area contributed by atoms with Crippen molar-refractivity contribution < 1.29 is 17.7 Å². The minimum Gasteiger partial charge on any atom is -0.359 e. The standard InChI is InChI=1S/C9H11F3N2O/c1-14-4-2-3-6(14)7-5-8(13-15-7)9(10,11)12/h5-6H,2-4H2,1H3/t6-/m0/s1. The molecule has 0 amide bonds. The van der Waals surface area contributed by atoms with Crippen molar-refractivity contribution in [3.63, 3.8) is 0 Å². The summed E-state index contributed by atoms with van der Waals surface area (Å²) in [6, 6.07) is 0.931. The summed E-state index contributed by atoms with van der Waals surface area (Å²) in [5.41, 5.74) is -0.946. The summed E-state index contributed by atoms with van der Waals surface area (Å²) in [6.45, 7) is 0.882. The van der Waals surface area contributed by atoms with Crippen LogP contribution in [0.25, 0.3) is 0 Å². The van der Waals surface area contributed by atoms with E-state index in [9.17, 15) is 13.2 Å². The molecule has 1 aromatic heterocycles. The van der Waals surface area contributed by atoms with E-state index in [1.165, 1.54) is 0 Å². The molecule has 1 atom stereocenters. The van der Waals surface area contributed by atoms with Crippen molar-refractivity contribution in [3.05, 3.63) is 17.5 Å². The fourth-order valence-electron chi connectivity index (χ4n) is 1.85. The van der Waals surface area contributed by atoms with Gasteiger partial charge in [-0.1, -0.05) is 5.16 Å². The summed E-state index contributed by atoms with van der Waals surface area (Å²) >= 11 is 0. The molecule has 1 saturated heterocycles. The first-order valence-corrected chi connectivity index (χ1v) is 4.72.